The minimum atomic E-state index is -0.967. The number of aromatic nitrogens is 5. The zero-order valence-electron chi connectivity index (χ0n) is 35.7. The van der Waals surface area contributed by atoms with Gasteiger partial charge >= 0.3 is 11.7 Å². The van der Waals surface area contributed by atoms with Crippen molar-refractivity contribution in [3.8, 4) is 29.6 Å². The third-order valence-electron chi connectivity index (χ3n) is 14.2. The number of nitrogens with zero attached hydrogens (tertiary/aromatic N) is 8. The number of rotatable bonds is 9. The van der Waals surface area contributed by atoms with Crippen LogP contribution in [0.15, 0.2) is 59.5 Å². The molecule has 6 aromatic rings. The second kappa shape index (κ2) is 14.5. The van der Waals surface area contributed by atoms with Crippen molar-refractivity contribution >= 4 is 56.0 Å². The van der Waals surface area contributed by atoms with E-state index >= 15 is 4.39 Å². The molecule has 1 saturated carbocycles. The highest BCUT2D eigenvalue weighted by atomic mass is 19.1. The van der Waals surface area contributed by atoms with Crippen molar-refractivity contribution in [2.45, 2.75) is 57.1 Å². The molecule has 16 heteroatoms. The number of nitrogens with one attached hydrogen (secondary N) is 1. The number of ether oxygens (including phenoxy) is 1. The fourth-order valence-corrected chi connectivity index (χ4v) is 10.8. The molecule has 3 aromatic carbocycles. The van der Waals surface area contributed by atoms with Gasteiger partial charge in [-0.1, -0.05) is 30.2 Å². The van der Waals surface area contributed by atoms with E-state index in [-0.39, 0.29) is 58.1 Å². The Morgan fingerprint density at radius 2 is 1.80 bits per heavy atom. The average Bonchev–Trinajstić information content (AvgIpc) is 3.97. The van der Waals surface area contributed by atoms with Gasteiger partial charge in [0.2, 0.25) is 11.8 Å². The summed E-state index contributed by atoms with van der Waals surface area (Å²) in [7, 11) is 1.71. The highest BCUT2D eigenvalue weighted by Crippen LogP contribution is 2.50. The molecule has 2 atom stereocenters. The van der Waals surface area contributed by atoms with E-state index in [2.05, 4.69) is 31.0 Å². The van der Waals surface area contributed by atoms with Gasteiger partial charge in [0.1, 0.15) is 28.9 Å². The van der Waals surface area contributed by atoms with E-state index in [0.717, 1.165) is 56.8 Å². The summed E-state index contributed by atoms with van der Waals surface area (Å²) < 4.78 is 41.4. The number of hydrogen-bond acceptors (Lipinski definition) is 11. The zero-order chi connectivity index (χ0) is 44.3. The number of carbonyl (C=O) groups excluding carboxylic acids is 2. The van der Waals surface area contributed by atoms with Gasteiger partial charge in [0.15, 0.2) is 5.82 Å². The molecule has 328 valence electrons. The first-order valence-corrected chi connectivity index (χ1v) is 21.9. The minimum Gasteiger partial charge on any atom is -0.463 e. The van der Waals surface area contributed by atoms with Crippen LogP contribution in [0.1, 0.15) is 57.1 Å². The topological polar surface area (TPSA) is 151 Å². The Morgan fingerprint density at radius 3 is 2.55 bits per heavy atom. The van der Waals surface area contributed by atoms with Crippen LogP contribution in [-0.2, 0) is 16.6 Å². The van der Waals surface area contributed by atoms with Crippen molar-refractivity contribution in [1.29, 1.82) is 0 Å². The van der Waals surface area contributed by atoms with Crippen LogP contribution in [-0.4, -0.2) is 104 Å². The molecule has 2 N–H and O–H groups in total. The van der Waals surface area contributed by atoms with Gasteiger partial charge in [0, 0.05) is 92.9 Å². The lowest BCUT2D eigenvalue weighted by Gasteiger charge is -2.61. The maximum atomic E-state index is 17.0. The van der Waals surface area contributed by atoms with E-state index in [9.17, 15) is 23.9 Å². The first-order valence-electron chi connectivity index (χ1n) is 21.9. The Hall–Kier alpha value is -6.44. The van der Waals surface area contributed by atoms with Crippen LogP contribution in [0.5, 0.6) is 6.01 Å². The Kier molecular flexibility index (Phi) is 9.17. The molecule has 14 nitrogen and oxygen atoms in total. The van der Waals surface area contributed by atoms with Gasteiger partial charge < -0.3 is 24.5 Å². The Labute approximate surface area is 366 Å². The molecule has 3 aromatic heterocycles. The number of halogens is 2. The van der Waals surface area contributed by atoms with Crippen LogP contribution in [0.4, 0.5) is 20.3 Å². The Morgan fingerprint density at radius 1 is 0.984 bits per heavy atom. The number of fused-ring (bicyclic) bond motifs is 3. The maximum absolute atomic E-state index is 17.0. The van der Waals surface area contributed by atoms with Crippen LogP contribution >= 0.6 is 0 Å². The van der Waals surface area contributed by atoms with Crippen LogP contribution in [0.25, 0.3) is 44.0 Å². The van der Waals surface area contributed by atoms with E-state index in [0.29, 0.717) is 65.6 Å². The van der Waals surface area contributed by atoms with E-state index in [1.807, 2.05) is 23.1 Å². The molecule has 64 heavy (non-hydrogen) atoms. The number of imide groups is 1. The molecule has 5 fully saturated rings. The predicted molar refractivity (Wildman–Crippen MR) is 237 cm³/mol. The standard InChI is InChI=1S/C48H47F2N9O5/c1-4-30-33(49)11-9-28-7-5-8-31(38(28)30)40-39(50)41-32(20-51-40)42(57-18-6-15-46(2,63)21-57)54-44(53-41)64-27-47(16-17-47)22-56-23-48(24-56)25-58(26-48)29-10-12-34-36(19-29)55(3)45(62)59(34)35-13-14-37(60)52-43(35)61/h1,5,7-12,19-20,35,63H,6,13-18,21-27H2,2-3H3,(H,52,60,61)/t35?,46-/m1/s1. The van der Waals surface area contributed by atoms with Crippen molar-refractivity contribution in [3.05, 3.63) is 82.4 Å². The summed E-state index contributed by atoms with van der Waals surface area (Å²) in [6.07, 6.45) is 11.1. The van der Waals surface area contributed by atoms with Gasteiger partial charge in [0.05, 0.1) is 34.2 Å². The minimum absolute atomic E-state index is 0.0169. The summed E-state index contributed by atoms with van der Waals surface area (Å²) in [4.78, 5) is 58.5. The molecular formula is C48H47F2N9O5. The van der Waals surface area contributed by atoms with Gasteiger partial charge in [-0.2, -0.15) is 9.97 Å². The summed E-state index contributed by atoms with van der Waals surface area (Å²) in [5.74, 6) is 0.820. The number of β-amino-alcohol motifs (C(OH)–C–C–N with tert-alkyl or cyclic N) is 1. The molecule has 0 radical (unpaired) electrons. The molecular weight excluding hydrogens is 821 g/mol. The SMILES string of the molecule is C#Cc1c(F)ccc2cccc(-c3ncc4c(N5CCC[C@@](C)(O)C5)nc(OCC5(CN6CC7(C6)CN(c6ccc8c(c6)n(C)c(=O)n8C6CCC(=O)NC6=O)C7)CC5)nc4c3F)c12. The van der Waals surface area contributed by atoms with Gasteiger partial charge in [-0.25, -0.2) is 13.6 Å². The van der Waals surface area contributed by atoms with Crippen LogP contribution in [0.2, 0.25) is 0 Å². The average molecular weight is 868 g/mol. The van der Waals surface area contributed by atoms with Crippen molar-refractivity contribution in [2.75, 3.05) is 62.2 Å². The highest BCUT2D eigenvalue weighted by molar-refractivity contribution is 6.02. The third kappa shape index (κ3) is 6.66. The molecule has 4 saturated heterocycles. The quantitative estimate of drug-likeness (QED) is 0.148. The summed E-state index contributed by atoms with van der Waals surface area (Å²) >= 11 is 0. The lowest BCUT2D eigenvalue weighted by molar-refractivity contribution is -0.135. The second-order valence-electron chi connectivity index (χ2n) is 19.1. The summed E-state index contributed by atoms with van der Waals surface area (Å²) in [6, 6.07) is 13.4. The summed E-state index contributed by atoms with van der Waals surface area (Å²) in [5.41, 5.74) is 1.63. The summed E-state index contributed by atoms with van der Waals surface area (Å²) in [6.45, 7) is 7.55. The van der Waals surface area contributed by atoms with Gasteiger partial charge in [-0.3, -0.25) is 29.0 Å². The first kappa shape index (κ1) is 40.3. The smallest absolute Gasteiger partial charge is 0.329 e. The number of hydrogen-bond donors (Lipinski definition) is 2. The number of terminal acetylenes is 1. The number of benzene rings is 3. The third-order valence-corrected chi connectivity index (χ3v) is 14.2. The van der Waals surface area contributed by atoms with Gasteiger partial charge in [-0.05, 0) is 68.7 Å². The molecule has 1 unspecified atom stereocenters. The number of aryl methyl sites for hydroxylation is 1. The number of aliphatic hydroxyl groups is 1. The van der Waals surface area contributed by atoms with Crippen molar-refractivity contribution in [1.82, 2.24) is 34.3 Å². The fraction of sp³-hybridized carbons (Fsp3) is 0.417. The van der Waals surface area contributed by atoms with E-state index in [4.69, 9.17) is 16.1 Å². The molecule has 4 aliphatic heterocycles. The number of pyridine rings is 1. The van der Waals surface area contributed by atoms with Gasteiger partial charge in [0.25, 0.3) is 0 Å². The number of amides is 2. The second-order valence-corrected chi connectivity index (χ2v) is 19.1. The maximum Gasteiger partial charge on any atom is 0.329 e. The Balaban J connectivity index is 0.800. The van der Waals surface area contributed by atoms with Crippen LogP contribution in [0.3, 0.4) is 0 Å². The molecule has 1 aliphatic carbocycles. The normalized spacial score (nSPS) is 22.7. The largest absolute Gasteiger partial charge is 0.463 e. The van der Waals surface area contributed by atoms with Crippen molar-refractivity contribution in [2.24, 2.45) is 17.9 Å². The number of likely N-dealkylation sites (tertiary alicyclic amines) is 1. The number of piperidine rings is 2. The molecule has 5 aliphatic rings. The molecule has 2 amide bonds. The number of imidazole rings is 1. The molecule has 1 spiro atoms. The Bertz CT molecular complexity index is 3070. The predicted octanol–water partition coefficient (Wildman–Crippen LogP) is 5.07. The van der Waals surface area contributed by atoms with E-state index < -0.39 is 29.2 Å². The zero-order valence-corrected chi connectivity index (χ0v) is 35.7. The monoisotopic (exact) mass is 867 g/mol. The number of anilines is 2. The first-order chi connectivity index (χ1) is 30.7. The number of carbonyl (C=O) groups is 2. The highest BCUT2D eigenvalue weighted by Gasteiger charge is 2.55. The molecule has 11 rings (SSSR count). The lowest BCUT2D eigenvalue weighted by atomic mass is 9.72. The molecule has 0 bridgehead atoms. The van der Waals surface area contributed by atoms with Crippen LogP contribution in [0, 0.1) is 34.8 Å². The lowest BCUT2D eigenvalue weighted by Crippen LogP contribution is -2.72. The van der Waals surface area contributed by atoms with Crippen molar-refractivity contribution < 1.29 is 28.2 Å². The molecule has 7 heterocycles. The van der Waals surface area contributed by atoms with Crippen molar-refractivity contribution in [3.63, 3.8) is 0 Å². The van der Waals surface area contributed by atoms with Crippen LogP contribution < -0.4 is 25.5 Å². The fourth-order valence-electron chi connectivity index (χ4n) is 10.8. The van der Waals surface area contributed by atoms with E-state index in [1.54, 1.807) is 42.8 Å². The van der Waals surface area contributed by atoms with E-state index in [1.165, 1.54) is 16.8 Å². The van der Waals surface area contributed by atoms with Gasteiger partial charge in [-0.15, -0.1) is 6.42 Å². The summed E-state index contributed by atoms with van der Waals surface area (Å²) in [5, 5.41) is 14.8.